The highest BCUT2D eigenvalue weighted by Gasteiger charge is 2.48. The minimum atomic E-state index is -4.32. The topological polar surface area (TPSA) is 35.2 Å². The Morgan fingerprint density at radius 3 is 2.33 bits per heavy atom. The van der Waals surface area contributed by atoms with Gasteiger partial charge in [0.2, 0.25) is 0 Å². The first kappa shape index (κ1) is 15.2. The molecular formula is C11H12BrF4NO. The van der Waals surface area contributed by atoms with Crippen LogP contribution < -0.4 is 10.5 Å². The summed E-state index contributed by atoms with van der Waals surface area (Å²) in [4.78, 5) is 0. The third kappa shape index (κ3) is 2.77. The number of methoxy groups -OCH3 is 1. The van der Waals surface area contributed by atoms with Gasteiger partial charge in [0.25, 0.3) is 0 Å². The lowest BCUT2D eigenvalue weighted by Crippen LogP contribution is -2.39. The number of hydrogen-bond acceptors (Lipinski definition) is 2. The minimum absolute atomic E-state index is 0.0588. The Hall–Kier alpha value is -0.820. The highest BCUT2D eigenvalue weighted by Crippen LogP contribution is 2.40. The van der Waals surface area contributed by atoms with Gasteiger partial charge in [-0.15, -0.1) is 0 Å². The van der Waals surface area contributed by atoms with E-state index in [4.69, 9.17) is 10.5 Å². The summed E-state index contributed by atoms with van der Waals surface area (Å²) in [5, 5.41) is 0. The summed E-state index contributed by atoms with van der Waals surface area (Å²) in [5.41, 5.74) is 5.80. The van der Waals surface area contributed by atoms with E-state index >= 15 is 0 Å². The van der Waals surface area contributed by atoms with Gasteiger partial charge in [-0.05, 0) is 24.6 Å². The Morgan fingerprint density at radius 1 is 1.33 bits per heavy atom. The van der Waals surface area contributed by atoms with Gasteiger partial charge in [0.05, 0.1) is 7.11 Å². The molecule has 0 aromatic heterocycles. The van der Waals surface area contributed by atoms with Gasteiger partial charge >= 0.3 is 12.3 Å². The molecule has 102 valence electrons. The molecule has 1 atom stereocenters. The van der Waals surface area contributed by atoms with Gasteiger partial charge in [-0.3, -0.25) is 0 Å². The van der Waals surface area contributed by atoms with E-state index in [9.17, 15) is 17.6 Å². The Bertz CT molecular complexity index is 439. The van der Waals surface area contributed by atoms with Crippen LogP contribution in [0.25, 0.3) is 0 Å². The summed E-state index contributed by atoms with van der Waals surface area (Å²) in [6.07, 6.45) is -3.84. The fourth-order valence-corrected chi connectivity index (χ4v) is 1.79. The standard InChI is InChI=1S/C11H12BrF4NO/c1-5-3-8(18-2)6(4-7(5)12)9(17)11(15,16)10(13)14/h3-4,9-10H,17H2,1-2H3. The average molecular weight is 330 g/mol. The number of nitrogens with two attached hydrogens (primary N) is 1. The maximum absolute atomic E-state index is 13.2. The zero-order chi connectivity index (χ0) is 14.1. The number of rotatable bonds is 4. The van der Waals surface area contributed by atoms with Crippen molar-refractivity contribution in [2.45, 2.75) is 25.3 Å². The van der Waals surface area contributed by atoms with Crippen molar-refractivity contribution in [3.8, 4) is 5.75 Å². The Labute approximate surface area is 110 Å². The molecule has 1 aromatic rings. The molecule has 1 aromatic carbocycles. The Kier molecular flexibility index (Phi) is 4.61. The van der Waals surface area contributed by atoms with E-state index in [1.165, 1.54) is 19.2 Å². The van der Waals surface area contributed by atoms with Crippen LogP contribution in [0.5, 0.6) is 5.75 Å². The van der Waals surface area contributed by atoms with Crippen molar-refractivity contribution in [2.24, 2.45) is 5.73 Å². The van der Waals surface area contributed by atoms with Crippen LogP contribution >= 0.6 is 15.9 Å². The largest absolute Gasteiger partial charge is 0.496 e. The van der Waals surface area contributed by atoms with Crippen LogP contribution in [0.3, 0.4) is 0 Å². The van der Waals surface area contributed by atoms with E-state index < -0.39 is 18.4 Å². The van der Waals surface area contributed by atoms with E-state index in [2.05, 4.69) is 15.9 Å². The predicted molar refractivity (Wildman–Crippen MR) is 63.3 cm³/mol. The first-order valence-corrected chi connectivity index (χ1v) is 5.76. The molecule has 0 radical (unpaired) electrons. The lowest BCUT2D eigenvalue weighted by molar-refractivity contribution is -0.144. The molecule has 1 unspecified atom stereocenters. The second kappa shape index (κ2) is 5.44. The molecule has 0 aliphatic carbocycles. The SMILES string of the molecule is COc1cc(C)c(Br)cc1C(N)C(F)(F)C(F)F. The number of halogens is 5. The van der Waals surface area contributed by atoms with Gasteiger partial charge in [-0.2, -0.15) is 8.78 Å². The summed E-state index contributed by atoms with van der Waals surface area (Å²) < 4.78 is 56.4. The second-order valence-electron chi connectivity index (χ2n) is 3.80. The smallest absolute Gasteiger partial charge is 0.326 e. The molecule has 2 N–H and O–H groups in total. The number of aryl methyl sites for hydroxylation is 1. The van der Waals surface area contributed by atoms with Crippen molar-refractivity contribution in [3.63, 3.8) is 0 Å². The van der Waals surface area contributed by atoms with Crippen molar-refractivity contribution >= 4 is 15.9 Å². The van der Waals surface area contributed by atoms with E-state index in [1.807, 2.05) is 0 Å². The van der Waals surface area contributed by atoms with Crippen molar-refractivity contribution in [1.29, 1.82) is 0 Å². The number of hydrogen-bond donors (Lipinski definition) is 1. The number of benzene rings is 1. The van der Waals surface area contributed by atoms with Gasteiger partial charge in [0.1, 0.15) is 11.8 Å². The highest BCUT2D eigenvalue weighted by atomic mass is 79.9. The predicted octanol–water partition coefficient (Wildman–Crippen LogP) is 3.67. The van der Waals surface area contributed by atoms with Crippen molar-refractivity contribution in [3.05, 3.63) is 27.7 Å². The molecule has 2 nitrogen and oxygen atoms in total. The molecule has 0 aliphatic heterocycles. The first-order chi connectivity index (χ1) is 8.21. The van der Waals surface area contributed by atoms with E-state index in [-0.39, 0.29) is 11.3 Å². The summed E-state index contributed by atoms with van der Waals surface area (Å²) >= 11 is 3.14. The lowest BCUT2D eigenvalue weighted by atomic mass is 9.99. The molecule has 0 amide bonds. The van der Waals surface area contributed by atoms with Crippen LogP contribution in [-0.2, 0) is 0 Å². The fraction of sp³-hybridized carbons (Fsp3) is 0.455. The van der Waals surface area contributed by atoms with Crippen LogP contribution in [0.1, 0.15) is 17.2 Å². The van der Waals surface area contributed by atoms with Crippen LogP contribution in [0, 0.1) is 6.92 Å². The summed E-state index contributed by atoms with van der Waals surface area (Å²) in [6, 6.07) is 0.597. The third-order valence-electron chi connectivity index (χ3n) is 2.55. The monoisotopic (exact) mass is 329 g/mol. The molecule has 0 saturated carbocycles. The molecule has 0 heterocycles. The van der Waals surface area contributed by atoms with Gasteiger partial charge in [0.15, 0.2) is 0 Å². The first-order valence-electron chi connectivity index (χ1n) is 4.97. The molecule has 0 bridgehead atoms. The van der Waals surface area contributed by atoms with Crippen LogP contribution in [0.15, 0.2) is 16.6 Å². The zero-order valence-electron chi connectivity index (χ0n) is 9.68. The molecule has 0 spiro atoms. The molecule has 0 aliphatic rings. The third-order valence-corrected chi connectivity index (χ3v) is 3.41. The normalized spacial score (nSPS) is 13.8. The van der Waals surface area contributed by atoms with Crippen LogP contribution in [-0.4, -0.2) is 19.5 Å². The maximum atomic E-state index is 13.2. The van der Waals surface area contributed by atoms with E-state index in [0.717, 1.165) is 5.56 Å². The van der Waals surface area contributed by atoms with Gasteiger partial charge in [-0.25, -0.2) is 8.78 Å². The lowest BCUT2D eigenvalue weighted by Gasteiger charge is -2.25. The van der Waals surface area contributed by atoms with E-state index in [0.29, 0.717) is 4.47 Å². The molecular weight excluding hydrogens is 318 g/mol. The second-order valence-corrected chi connectivity index (χ2v) is 4.65. The molecule has 1 rings (SSSR count). The highest BCUT2D eigenvalue weighted by molar-refractivity contribution is 9.10. The number of ether oxygens (including phenoxy) is 1. The van der Waals surface area contributed by atoms with Crippen molar-refractivity contribution < 1.29 is 22.3 Å². The van der Waals surface area contributed by atoms with Crippen molar-refractivity contribution in [1.82, 2.24) is 0 Å². The summed E-state index contributed by atoms with van der Waals surface area (Å²) in [5.74, 6) is -4.26. The quantitative estimate of drug-likeness (QED) is 0.855. The fourth-order valence-electron chi connectivity index (χ4n) is 1.43. The van der Waals surface area contributed by atoms with Gasteiger partial charge < -0.3 is 10.5 Å². The average Bonchev–Trinajstić information content (AvgIpc) is 2.30. The molecule has 7 heteroatoms. The van der Waals surface area contributed by atoms with Crippen LogP contribution in [0.2, 0.25) is 0 Å². The van der Waals surface area contributed by atoms with Crippen LogP contribution in [0.4, 0.5) is 17.6 Å². The maximum Gasteiger partial charge on any atom is 0.326 e. The molecule has 0 fully saturated rings. The van der Waals surface area contributed by atoms with E-state index in [1.54, 1.807) is 6.92 Å². The minimum Gasteiger partial charge on any atom is -0.496 e. The summed E-state index contributed by atoms with van der Waals surface area (Å²) in [7, 11) is 1.26. The number of alkyl halides is 4. The Balaban J connectivity index is 3.28. The molecule has 18 heavy (non-hydrogen) atoms. The van der Waals surface area contributed by atoms with Crippen molar-refractivity contribution in [2.75, 3.05) is 7.11 Å². The zero-order valence-corrected chi connectivity index (χ0v) is 11.3. The molecule has 0 saturated heterocycles. The van der Waals surface area contributed by atoms with Gasteiger partial charge in [-0.1, -0.05) is 15.9 Å². The summed E-state index contributed by atoms with van der Waals surface area (Å²) in [6.45, 7) is 1.72. The van der Waals surface area contributed by atoms with Gasteiger partial charge in [0, 0.05) is 10.0 Å². The Morgan fingerprint density at radius 2 is 1.89 bits per heavy atom.